The number of carboxylic acids is 1. The number of rotatable bonds is 4. The number of hydrogen-bond acceptors (Lipinski definition) is 5. The van der Waals surface area contributed by atoms with E-state index in [9.17, 15) is 18.0 Å². The molecule has 0 spiro atoms. The summed E-state index contributed by atoms with van der Waals surface area (Å²) in [4.78, 5) is 21.6. The number of nitrogens with one attached hydrogen (secondary N) is 1. The molecule has 98 valence electrons. The van der Waals surface area contributed by atoms with Crippen LogP contribution in [0.15, 0.2) is 0 Å². The van der Waals surface area contributed by atoms with Crippen molar-refractivity contribution in [2.75, 3.05) is 13.1 Å². The van der Waals surface area contributed by atoms with Gasteiger partial charge in [0.2, 0.25) is 0 Å². The predicted octanol–water partition coefficient (Wildman–Crippen LogP) is -0.618. The first-order valence-electron chi connectivity index (χ1n) is 4.93. The minimum absolute atomic E-state index is 0.139. The summed E-state index contributed by atoms with van der Waals surface area (Å²) in [5, 5.41) is 8.58. The molecule has 0 atom stereocenters. The van der Waals surface area contributed by atoms with E-state index in [1.807, 2.05) is 0 Å². The molecule has 1 amide bonds. The molecule has 0 unspecified atom stereocenters. The van der Waals surface area contributed by atoms with Crippen LogP contribution in [0.1, 0.15) is 13.8 Å². The number of nitrogens with zero attached hydrogens (tertiary/aromatic N) is 1. The molecule has 0 saturated carbocycles. The largest absolute Gasteiger partial charge is 0.481 e. The second-order valence-electron chi connectivity index (χ2n) is 3.91. The van der Waals surface area contributed by atoms with Crippen LogP contribution in [0.5, 0.6) is 0 Å². The number of amides is 1. The average Bonchev–Trinajstić information content (AvgIpc) is 1.94. The Bertz CT molecular complexity index is 412. The lowest BCUT2D eigenvalue weighted by Crippen LogP contribution is -2.57. The highest BCUT2D eigenvalue weighted by Crippen LogP contribution is 2.18. The number of hydrogen-bond donors (Lipinski definition) is 2. The number of carboxylic acid groups (broad SMARTS) is 1. The summed E-state index contributed by atoms with van der Waals surface area (Å²) in [5.41, 5.74) is 0. The van der Waals surface area contributed by atoms with Crippen molar-refractivity contribution in [3.63, 3.8) is 0 Å². The van der Waals surface area contributed by atoms with Crippen molar-refractivity contribution in [3.05, 3.63) is 0 Å². The molecule has 0 bridgehead atoms. The first-order valence-corrected chi connectivity index (χ1v) is 6.37. The highest BCUT2D eigenvalue weighted by Gasteiger charge is 2.40. The SMILES string of the molecule is CC(C)OC(=O)NS(=O)(=O)N1CC(C(=O)O)C1. The first kappa shape index (κ1) is 13.7. The van der Waals surface area contributed by atoms with Gasteiger partial charge in [0.1, 0.15) is 0 Å². The maximum atomic E-state index is 11.5. The molecular formula is C8H14N2O6S. The van der Waals surface area contributed by atoms with E-state index < -0.39 is 34.3 Å². The van der Waals surface area contributed by atoms with Crippen molar-refractivity contribution in [1.82, 2.24) is 9.03 Å². The Morgan fingerprint density at radius 2 is 1.94 bits per heavy atom. The van der Waals surface area contributed by atoms with Crippen LogP contribution < -0.4 is 4.72 Å². The standard InChI is InChI=1S/C8H14N2O6S/c1-5(2)16-8(13)9-17(14,15)10-3-6(4-10)7(11)12/h5-6H,3-4H2,1-2H3,(H,9,13)(H,11,12). The quantitative estimate of drug-likeness (QED) is 0.701. The maximum absolute atomic E-state index is 11.5. The van der Waals surface area contributed by atoms with E-state index in [2.05, 4.69) is 4.74 Å². The van der Waals surface area contributed by atoms with Gasteiger partial charge in [0, 0.05) is 13.1 Å². The fourth-order valence-corrected chi connectivity index (χ4v) is 2.34. The van der Waals surface area contributed by atoms with Gasteiger partial charge in [-0.2, -0.15) is 12.7 Å². The van der Waals surface area contributed by atoms with Crippen LogP contribution in [0.2, 0.25) is 0 Å². The Labute approximate surface area is 98.7 Å². The van der Waals surface area contributed by atoms with Crippen LogP contribution in [-0.4, -0.2) is 49.1 Å². The normalized spacial score (nSPS) is 17.6. The van der Waals surface area contributed by atoms with Gasteiger partial charge in [-0.25, -0.2) is 9.52 Å². The molecule has 1 aliphatic heterocycles. The van der Waals surface area contributed by atoms with Crippen molar-refractivity contribution >= 4 is 22.3 Å². The lowest BCUT2D eigenvalue weighted by molar-refractivity contribution is -0.145. The van der Waals surface area contributed by atoms with Gasteiger partial charge in [0.25, 0.3) is 0 Å². The van der Waals surface area contributed by atoms with Crippen LogP contribution in [0.25, 0.3) is 0 Å². The summed E-state index contributed by atoms with van der Waals surface area (Å²) in [7, 11) is -3.99. The van der Waals surface area contributed by atoms with Crippen LogP contribution in [0, 0.1) is 5.92 Å². The zero-order chi connectivity index (χ0) is 13.2. The lowest BCUT2D eigenvalue weighted by Gasteiger charge is -2.34. The van der Waals surface area contributed by atoms with Crippen LogP contribution in [0.4, 0.5) is 4.79 Å². The second-order valence-corrected chi connectivity index (χ2v) is 5.58. The monoisotopic (exact) mass is 266 g/mol. The molecule has 17 heavy (non-hydrogen) atoms. The van der Waals surface area contributed by atoms with Crippen molar-refractivity contribution in [2.24, 2.45) is 5.92 Å². The van der Waals surface area contributed by atoms with Gasteiger partial charge >= 0.3 is 22.3 Å². The van der Waals surface area contributed by atoms with Crippen molar-refractivity contribution in [2.45, 2.75) is 20.0 Å². The van der Waals surface area contributed by atoms with Gasteiger partial charge in [-0.15, -0.1) is 0 Å². The average molecular weight is 266 g/mol. The van der Waals surface area contributed by atoms with Gasteiger partial charge in [0.05, 0.1) is 12.0 Å². The first-order chi connectivity index (χ1) is 7.72. The number of carbonyl (C=O) groups excluding carboxylic acids is 1. The van der Waals surface area contributed by atoms with Crippen molar-refractivity contribution in [1.29, 1.82) is 0 Å². The molecule has 0 aromatic rings. The number of carbonyl (C=O) groups is 2. The molecule has 1 saturated heterocycles. The molecule has 2 N–H and O–H groups in total. The predicted molar refractivity (Wildman–Crippen MR) is 56.4 cm³/mol. The molecule has 0 aromatic heterocycles. The van der Waals surface area contributed by atoms with Crippen LogP contribution in [-0.2, 0) is 19.7 Å². The van der Waals surface area contributed by atoms with Gasteiger partial charge in [-0.1, -0.05) is 0 Å². The number of aliphatic carboxylic acids is 1. The summed E-state index contributed by atoms with van der Waals surface area (Å²) in [6.07, 6.45) is -1.51. The maximum Gasteiger partial charge on any atom is 0.422 e. The zero-order valence-electron chi connectivity index (χ0n) is 9.41. The molecule has 1 aliphatic rings. The van der Waals surface area contributed by atoms with Crippen LogP contribution in [0.3, 0.4) is 0 Å². The van der Waals surface area contributed by atoms with Gasteiger partial charge in [-0.3, -0.25) is 4.79 Å². The Morgan fingerprint density at radius 1 is 1.41 bits per heavy atom. The van der Waals surface area contributed by atoms with Gasteiger partial charge < -0.3 is 9.84 Å². The fourth-order valence-electron chi connectivity index (χ4n) is 1.20. The summed E-state index contributed by atoms with van der Waals surface area (Å²) >= 11 is 0. The topological polar surface area (TPSA) is 113 Å². The molecule has 8 nitrogen and oxygen atoms in total. The molecule has 0 aliphatic carbocycles. The molecule has 0 radical (unpaired) electrons. The minimum atomic E-state index is -3.99. The van der Waals surface area contributed by atoms with Crippen molar-refractivity contribution < 1.29 is 27.9 Å². The van der Waals surface area contributed by atoms with E-state index in [-0.39, 0.29) is 13.1 Å². The number of ether oxygens (including phenoxy) is 1. The van der Waals surface area contributed by atoms with E-state index >= 15 is 0 Å². The molecular weight excluding hydrogens is 252 g/mol. The Morgan fingerprint density at radius 3 is 2.35 bits per heavy atom. The Balaban J connectivity index is 2.49. The highest BCUT2D eigenvalue weighted by atomic mass is 32.2. The summed E-state index contributed by atoms with van der Waals surface area (Å²) in [6.45, 7) is 2.88. The Hall–Kier alpha value is -1.35. The molecule has 0 aromatic carbocycles. The van der Waals surface area contributed by atoms with E-state index in [4.69, 9.17) is 5.11 Å². The van der Waals surface area contributed by atoms with E-state index in [1.165, 1.54) is 0 Å². The van der Waals surface area contributed by atoms with Gasteiger partial charge in [0.15, 0.2) is 0 Å². The zero-order valence-corrected chi connectivity index (χ0v) is 10.2. The third-order valence-electron chi connectivity index (χ3n) is 2.09. The van der Waals surface area contributed by atoms with E-state index in [0.717, 1.165) is 4.31 Å². The highest BCUT2D eigenvalue weighted by molar-refractivity contribution is 7.87. The third-order valence-corrected chi connectivity index (χ3v) is 3.49. The molecule has 9 heteroatoms. The fraction of sp³-hybridized carbons (Fsp3) is 0.750. The molecule has 1 rings (SSSR count). The van der Waals surface area contributed by atoms with Crippen LogP contribution >= 0.6 is 0 Å². The molecule has 1 fully saturated rings. The Kier molecular flexibility index (Phi) is 3.94. The van der Waals surface area contributed by atoms with Gasteiger partial charge in [-0.05, 0) is 13.8 Å². The van der Waals surface area contributed by atoms with Crippen molar-refractivity contribution in [3.8, 4) is 0 Å². The van der Waals surface area contributed by atoms with E-state index in [0.29, 0.717) is 0 Å². The summed E-state index contributed by atoms with van der Waals surface area (Å²) in [6, 6.07) is 0. The summed E-state index contributed by atoms with van der Waals surface area (Å²) in [5.74, 6) is -1.77. The summed E-state index contributed by atoms with van der Waals surface area (Å²) < 4.78 is 30.2. The van der Waals surface area contributed by atoms with E-state index in [1.54, 1.807) is 18.6 Å². The molecule has 1 heterocycles. The minimum Gasteiger partial charge on any atom is -0.481 e. The third kappa shape index (κ3) is 3.56. The lowest BCUT2D eigenvalue weighted by atomic mass is 10.0. The second kappa shape index (κ2) is 4.88. The smallest absolute Gasteiger partial charge is 0.422 e.